The third kappa shape index (κ3) is 2.07. The van der Waals surface area contributed by atoms with Crippen LogP contribution in [0.2, 0.25) is 0 Å². The minimum absolute atomic E-state index is 0.395. The molecule has 0 bridgehead atoms. The third-order valence-electron chi connectivity index (χ3n) is 2.72. The van der Waals surface area contributed by atoms with Gasteiger partial charge in [-0.25, -0.2) is 0 Å². The highest BCUT2D eigenvalue weighted by Gasteiger charge is 2.33. The van der Waals surface area contributed by atoms with Crippen molar-refractivity contribution >= 4 is 11.5 Å². The Morgan fingerprint density at radius 3 is 2.93 bits per heavy atom. The lowest BCUT2D eigenvalue weighted by Gasteiger charge is -2.10. The maximum Gasteiger partial charge on any atom is 0.225 e. The number of aromatic nitrogens is 1. The van der Waals surface area contributed by atoms with Crippen LogP contribution in [0, 0.1) is 5.92 Å². The number of hydrogen-bond donors (Lipinski definition) is 1. The van der Waals surface area contributed by atoms with Crippen molar-refractivity contribution in [2.75, 3.05) is 7.11 Å². The van der Waals surface area contributed by atoms with E-state index in [0.717, 1.165) is 11.8 Å². The molecule has 78 valence electrons. The standard InChI is InChI=1S/C10H16N2OS/c1-6-4-8(6)11-7(2)9-5-10(13-3)12-14-9/h5-8,11H,4H2,1-3H3. The van der Waals surface area contributed by atoms with E-state index in [2.05, 4.69) is 23.5 Å². The average Bonchev–Trinajstić information content (AvgIpc) is 2.72. The van der Waals surface area contributed by atoms with E-state index in [1.165, 1.54) is 22.8 Å². The van der Waals surface area contributed by atoms with Gasteiger partial charge >= 0.3 is 0 Å². The minimum Gasteiger partial charge on any atom is -0.480 e. The van der Waals surface area contributed by atoms with Gasteiger partial charge in [-0.3, -0.25) is 0 Å². The predicted octanol–water partition coefficient (Wildman–Crippen LogP) is 2.21. The van der Waals surface area contributed by atoms with Gasteiger partial charge in [-0.1, -0.05) is 6.92 Å². The van der Waals surface area contributed by atoms with Crippen molar-refractivity contribution in [3.05, 3.63) is 10.9 Å². The Hall–Kier alpha value is -0.610. The first kappa shape index (κ1) is 9.93. The largest absolute Gasteiger partial charge is 0.480 e. The lowest BCUT2D eigenvalue weighted by Crippen LogP contribution is -2.21. The van der Waals surface area contributed by atoms with E-state index >= 15 is 0 Å². The summed E-state index contributed by atoms with van der Waals surface area (Å²) in [7, 11) is 1.65. The van der Waals surface area contributed by atoms with E-state index in [-0.39, 0.29) is 0 Å². The van der Waals surface area contributed by atoms with Crippen LogP contribution in [0.5, 0.6) is 5.88 Å². The van der Waals surface area contributed by atoms with Crippen molar-refractivity contribution < 1.29 is 4.74 Å². The summed E-state index contributed by atoms with van der Waals surface area (Å²) < 4.78 is 9.24. The number of ether oxygens (including phenoxy) is 1. The molecule has 1 aliphatic carbocycles. The summed E-state index contributed by atoms with van der Waals surface area (Å²) in [6.45, 7) is 4.45. The van der Waals surface area contributed by atoms with Crippen LogP contribution in [-0.2, 0) is 0 Å². The van der Waals surface area contributed by atoms with Crippen LogP contribution < -0.4 is 10.1 Å². The van der Waals surface area contributed by atoms with Crippen molar-refractivity contribution in [1.29, 1.82) is 0 Å². The monoisotopic (exact) mass is 212 g/mol. The second-order valence-corrected chi connectivity index (χ2v) is 4.82. The first-order chi connectivity index (χ1) is 6.70. The molecule has 4 heteroatoms. The first-order valence-corrected chi connectivity index (χ1v) is 5.74. The van der Waals surface area contributed by atoms with Gasteiger partial charge in [-0.2, -0.15) is 4.37 Å². The SMILES string of the molecule is COc1cc(C(C)NC2CC2C)sn1. The Bertz CT molecular complexity index is 313. The summed E-state index contributed by atoms with van der Waals surface area (Å²) >= 11 is 1.52. The van der Waals surface area contributed by atoms with Crippen LogP contribution in [0.25, 0.3) is 0 Å². The van der Waals surface area contributed by atoms with E-state index in [4.69, 9.17) is 4.74 Å². The van der Waals surface area contributed by atoms with Gasteiger partial charge in [0.2, 0.25) is 5.88 Å². The van der Waals surface area contributed by atoms with Crippen LogP contribution in [0.15, 0.2) is 6.07 Å². The molecule has 2 rings (SSSR count). The van der Waals surface area contributed by atoms with Gasteiger partial charge in [0.05, 0.1) is 7.11 Å². The molecular weight excluding hydrogens is 196 g/mol. The van der Waals surface area contributed by atoms with Gasteiger partial charge in [0.1, 0.15) is 0 Å². The third-order valence-corrected chi connectivity index (χ3v) is 3.67. The van der Waals surface area contributed by atoms with Crippen molar-refractivity contribution in [3.63, 3.8) is 0 Å². The predicted molar refractivity (Wildman–Crippen MR) is 57.8 cm³/mol. The molecule has 0 aromatic carbocycles. The number of rotatable bonds is 4. The summed E-state index contributed by atoms with van der Waals surface area (Å²) in [5.74, 6) is 1.56. The number of hydrogen-bond acceptors (Lipinski definition) is 4. The van der Waals surface area contributed by atoms with Gasteiger partial charge in [-0.15, -0.1) is 0 Å². The molecule has 1 aromatic heterocycles. The molecule has 3 unspecified atom stereocenters. The van der Waals surface area contributed by atoms with Crippen LogP contribution in [0.4, 0.5) is 0 Å². The molecule has 0 saturated heterocycles. The maximum atomic E-state index is 5.06. The second kappa shape index (κ2) is 3.87. The highest BCUT2D eigenvalue weighted by molar-refractivity contribution is 7.06. The smallest absolute Gasteiger partial charge is 0.225 e. The molecule has 0 aliphatic heterocycles. The molecule has 1 saturated carbocycles. The molecule has 1 N–H and O–H groups in total. The summed E-state index contributed by atoms with van der Waals surface area (Å²) in [5, 5.41) is 3.57. The van der Waals surface area contributed by atoms with E-state index in [1.54, 1.807) is 7.11 Å². The van der Waals surface area contributed by atoms with Gasteiger partial charge in [-0.05, 0) is 30.8 Å². The first-order valence-electron chi connectivity index (χ1n) is 4.97. The van der Waals surface area contributed by atoms with Crippen LogP contribution in [0.3, 0.4) is 0 Å². The Kier molecular flexibility index (Phi) is 2.74. The normalized spacial score (nSPS) is 27.4. The van der Waals surface area contributed by atoms with Crippen molar-refractivity contribution in [2.24, 2.45) is 5.92 Å². The highest BCUT2D eigenvalue weighted by Crippen LogP contribution is 2.32. The van der Waals surface area contributed by atoms with E-state index in [1.807, 2.05) is 6.07 Å². The Labute approximate surface area is 88.6 Å². The molecule has 14 heavy (non-hydrogen) atoms. The molecular formula is C10H16N2OS. The molecule has 1 aromatic rings. The van der Waals surface area contributed by atoms with E-state index in [9.17, 15) is 0 Å². The Balaban J connectivity index is 1.93. The lowest BCUT2D eigenvalue weighted by atomic mass is 10.2. The zero-order valence-corrected chi connectivity index (χ0v) is 9.60. The van der Waals surface area contributed by atoms with Crippen LogP contribution >= 0.6 is 11.5 Å². The summed E-state index contributed by atoms with van der Waals surface area (Å²) in [6, 6.07) is 3.11. The van der Waals surface area contributed by atoms with Gasteiger partial charge in [0.25, 0.3) is 0 Å². The summed E-state index contributed by atoms with van der Waals surface area (Å²) in [6.07, 6.45) is 1.31. The summed E-state index contributed by atoms with van der Waals surface area (Å²) in [4.78, 5) is 1.25. The zero-order valence-electron chi connectivity index (χ0n) is 8.78. The fourth-order valence-electron chi connectivity index (χ4n) is 1.53. The molecule has 0 amide bonds. The van der Waals surface area contributed by atoms with Crippen LogP contribution in [-0.4, -0.2) is 17.5 Å². The topological polar surface area (TPSA) is 34.1 Å². The fraction of sp³-hybridized carbons (Fsp3) is 0.700. The lowest BCUT2D eigenvalue weighted by molar-refractivity contribution is 0.402. The molecule has 1 heterocycles. The Morgan fingerprint density at radius 1 is 1.71 bits per heavy atom. The molecule has 3 nitrogen and oxygen atoms in total. The second-order valence-electron chi connectivity index (χ2n) is 3.98. The molecule has 1 fully saturated rings. The van der Waals surface area contributed by atoms with Crippen molar-refractivity contribution in [2.45, 2.75) is 32.4 Å². The van der Waals surface area contributed by atoms with Gasteiger partial charge < -0.3 is 10.1 Å². The van der Waals surface area contributed by atoms with Gasteiger partial charge in [0, 0.05) is 23.0 Å². The highest BCUT2D eigenvalue weighted by atomic mass is 32.1. The number of nitrogens with zero attached hydrogens (tertiary/aromatic N) is 1. The minimum atomic E-state index is 0.395. The van der Waals surface area contributed by atoms with Crippen LogP contribution in [0.1, 0.15) is 31.2 Å². The van der Waals surface area contributed by atoms with Gasteiger partial charge in [0.15, 0.2) is 0 Å². The summed E-state index contributed by atoms with van der Waals surface area (Å²) in [5.41, 5.74) is 0. The number of methoxy groups -OCH3 is 1. The molecule has 0 spiro atoms. The van der Waals surface area contributed by atoms with E-state index in [0.29, 0.717) is 12.1 Å². The number of nitrogens with one attached hydrogen (secondary N) is 1. The van der Waals surface area contributed by atoms with Crippen molar-refractivity contribution in [1.82, 2.24) is 9.69 Å². The maximum absolute atomic E-state index is 5.06. The molecule has 3 atom stereocenters. The zero-order chi connectivity index (χ0) is 10.1. The fourth-order valence-corrected chi connectivity index (χ4v) is 2.23. The average molecular weight is 212 g/mol. The Morgan fingerprint density at radius 2 is 2.43 bits per heavy atom. The quantitative estimate of drug-likeness (QED) is 0.831. The van der Waals surface area contributed by atoms with Crippen molar-refractivity contribution in [3.8, 4) is 5.88 Å². The molecule has 0 radical (unpaired) electrons. The molecule has 1 aliphatic rings. The van der Waals surface area contributed by atoms with E-state index < -0.39 is 0 Å².